The molecule has 1 saturated heterocycles. The predicted octanol–water partition coefficient (Wildman–Crippen LogP) is 4.48. The quantitative estimate of drug-likeness (QED) is 0.758. The summed E-state index contributed by atoms with van der Waals surface area (Å²) in [6.07, 6.45) is 3.36. The molecule has 2 aromatic carbocycles. The second-order valence-electron chi connectivity index (χ2n) is 7.73. The molecule has 0 unspecified atom stereocenters. The molecule has 0 aromatic heterocycles. The van der Waals surface area contributed by atoms with Crippen molar-refractivity contribution in [3.63, 3.8) is 0 Å². The van der Waals surface area contributed by atoms with Crippen LogP contribution in [0.2, 0.25) is 0 Å². The third-order valence-corrected chi connectivity index (χ3v) is 7.61. The van der Waals surface area contributed by atoms with Crippen molar-refractivity contribution in [2.45, 2.75) is 51.3 Å². The number of aryl methyl sites for hydroxylation is 2. The SMILES string of the molecule is CCc1cccc(CC)c1NC(=O)c1cccc(S(=O)(=O)N2CCC(C)CC2)c1. The van der Waals surface area contributed by atoms with E-state index < -0.39 is 10.0 Å². The number of hydrogen-bond acceptors (Lipinski definition) is 3. The zero-order valence-corrected chi connectivity index (χ0v) is 18.3. The van der Waals surface area contributed by atoms with Crippen LogP contribution in [0.4, 0.5) is 5.69 Å². The van der Waals surface area contributed by atoms with Crippen molar-refractivity contribution in [2.75, 3.05) is 18.4 Å². The van der Waals surface area contributed by atoms with Gasteiger partial charge in [0.05, 0.1) is 4.90 Å². The molecular weight excluding hydrogens is 384 g/mol. The van der Waals surface area contributed by atoms with Crippen molar-refractivity contribution in [3.05, 3.63) is 59.2 Å². The lowest BCUT2D eigenvalue weighted by molar-refractivity contribution is 0.102. The molecule has 1 N–H and O–H groups in total. The molecule has 5 nitrogen and oxygen atoms in total. The Bertz CT molecular complexity index is 955. The van der Waals surface area contributed by atoms with E-state index >= 15 is 0 Å². The molecule has 156 valence electrons. The number of sulfonamides is 1. The molecule has 0 saturated carbocycles. The van der Waals surface area contributed by atoms with Crippen LogP contribution in [0.1, 0.15) is 55.1 Å². The fourth-order valence-electron chi connectivity index (χ4n) is 3.76. The third kappa shape index (κ3) is 4.70. The van der Waals surface area contributed by atoms with Crippen LogP contribution in [0, 0.1) is 5.92 Å². The summed E-state index contributed by atoms with van der Waals surface area (Å²) in [5.74, 6) is 0.259. The number of nitrogens with one attached hydrogen (secondary N) is 1. The fraction of sp³-hybridized carbons (Fsp3) is 0.435. The number of anilines is 1. The number of hydrogen-bond donors (Lipinski definition) is 1. The summed E-state index contributed by atoms with van der Waals surface area (Å²) in [5.41, 5.74) is 3.33. The summed E-state index contributed by atoms with van der Waals surface area (Å²) < 4.78 is 27.6. The van der Waals surface area contributed by atoms with E-state index in [0.717, 1.165) is 42.5 Å². The number of nitrogens with zero attached hydrogens (tertiary/aromatic N) is 1. The highest BCUT2D eigenvalue weighted by atomic mass is 32.2. The van der Waals surface area contributed by atoms with E-state index in [1.165, 1.54) is 10.4 Å². The first kappa shape index (κ1) is 21.5. The summed E-state index contributed by atoms with van der Waals surface area (Å²) >= 11 is 0. The van der Waals surface area contributed by atoms with E-state index in [1.54, 1.807) is 18.2 Å². The summed E-state index contributed by atoms with van der Waals surface area (Å²) in [4.78, 5) is 13.1. The molecule has 1 fully saturated rings. The van der Waals surface area contributed by atoms with Crippen LogP contribution < -0.4 is 5.32 Å². The monoisotopic (exact) mass is 414 g/mol. The highest BCUT2D eigenvalue weighted by Gasteiger charge is 2.28. The lowest BCUT2D eigenvalue weighted by Gasteiger charge is -2.29. The first-order chi connectivity index (χ1) is 13.9. The second-order valence-corrected chi connectivity index (χ2v) is 9.66. The molecule has 1 amide bonds. The molecule has 6 heteroatoms. The summed E-state index contributed by atoms with van der Waals surface area (Å²) in [5, 5.41) is 3.01. The van der Waals surface area contributed by atoms with Gasteiger partial charge in [-0.25, -0.2) is 8.42 Å². The molecule has 1 aliphatic rings. The molecule has 1 aliphatic heterocycles. The largest absolute Gasteiger partial charge is 0.321 e. The summed E-state index contributed by atoms with van der Waals surface area (Å²) in [7, 11) is -3.59. The van der Waals surface area contributed by atoms with Crippen molar-refractivity contribution in [3.8, 4) is 0 Å². The Labute approximate surface area is 174 Å². The van der Waals surface area contributed by atoms with E-state index in [9.17, 15) is 13.2 Å². The van der Waals surface area contributed by atoms with Gasteiger partial charge in [-0.2, -0.15) is 4.31 Å². The van der Waals surface area contributed by atoms with Crippen LogP contribution in [0.25, 0.3) is 0 Å². The van der Waals surface area contributed by atoms with E-state index in [4.69, 9.17) is 0 Å². The van der Waals surface area contributed by atoms with Gasteiger partial charge in [0, 0.05) is 24.3 Å². The molecule has 0 spiro atoms. The molecule has 1 heterocycles. The Morgan fingerprint density at radius 1 is 1.03 bits per heavy atom. The first-order valence-electron chi connectivity index (χ1n) is 10.4. The highest BCUT2D eigenvalue weighted by Crippen LogP contribution is 2.26. The zero-order chi connectivity index (χ0) is 21.0. The van der Waals surface area contributed by atoms with Crippen molar-refractivity contribution < 1.29 is 13.2 Å². The molecule has 0 aliphatic carbocycles. The third-order valence-electron chi connectivity index (χ3n) is 5.71. The maximum Gasteiger partial charge on any atom is 0.255 e. The van der Waals surface area contributed by atoms with Gasteiger partial charge in [0.15, 0.2) is 0 Å². The fourth-order valence-corrected chi connectivity index (χ4v) is 5.28. The van der Waals surface area contributed by atoms with Gasteiger partial charge in [-0.3, -0.25) is 4.79 Å². The van der Waals surface area contributed by atoms with Gasteiger partial charge in [-0.15, -0.1) is 0 Å². The minimum absolute atomic E-state index is 0.180. The Morgan fingerprint density at radius 3 is 2.21 bits per heavy atom. The van der Waals surface area contributed by atoms with Gasteiger partial charge >= 0.3 is 0 Å². The van der Waals surface area contributed by atoms with E-state index in [-0.39, 0.29) is 10.8 Å². The van der Waals surface area contributed by atoms with Crippen molar-refractivity contribution in [1.82, 2.24) is 4.31 Å². The van der Waals surface area contributed by atoms with Crippen LogP contribution in [0.3, 0.4) is 0 Å². The maximum atomic E-state index is 13.0. The lowest BCUT2D eigenvalue weighted by Crippen LogP contribution is -2.37. The molecule has 0 atom stereocenters. The lowest BCUT2D eigenvalue weighted by atomic mass is 10.0. The van der Waals surface area contributed by atoms with Crippen LogP contribution in [0.5, 0.6) is 0 Å². The number of carbonyl (C=O) groups is 1. The van der Waals surface area contributed by atoms with Gasteiger partial charge in [-0.1, -0.05) is 45.0 Å². The maximum absolute atomic E-state index is 13.0. The number of benzene rings is 2. The minimum Gasteiger partial charge on any atom is -0.321 e. The molecule has 29 heavy (non-hydrogen) atoms. The number of rotatable bonds is 6. The topological polar surface area (TPSA) is 66.5 Å². The second kappa shape index (κ2) is 9.09. The zero-order valence-electron chi connectivity index (χ0n) is 17.4. The Kier molecular flexibility index (Phi) is 6.75. The average Bonchev–Trinajstić information content (AvgIpc) is 2.74. The smallest absolute Gasteiger partial charge is 0.255 e. The number of para-hydroxylation sites is 1. The Morgan fingerprint density at radius 2 is 1.62 bits per heavy atom. The van der Waals surface area contributed by atoms with Crippen LogP contribution in [0.15, 0.2) is 47.4 Å². The van der Waals surface area contributed by atoms with Crippen LogP contribution in [-0.2, 0) is 22.9 Å². The van der Waals surface area contributed by atoms with Crippen molar-refractivity contribution in [1.29, 1.82) is 0 Å². The van der Waals surface area contributed by atoms with Gasteiger partial charge in [0.25, 0.3) is 5.91 Å². The van der Waals surface area contributed by atoms with Gasteiger partial charge < -0.3 is 5.32 Å². The average molecular weight is 415 g/mol. The highest BCUT2D eigenvalue weighted by molar-refractivity contribution is 7.89. The Hall–Kier alpha value is -2.18. The van der Waals surface area contributed by atoms with Crippen LogP contribution >= 0.6 is 0 Å². The molecule has 2 aromatic rings. The Balaban J connectivity index is 1.86. The van der Waals surface area contributed by atoms with Gasteiger partial charge in [-0.05, 0) is 60.9 Å². The first-order valence-corrected chi connectivity index (χ1v) is 11.8. The van der Waals surface area contributed by atoms with Gasteiger partial charge in [0.1, 0.15) is 0 Å². The van der Waals surface area contributed by atoms with E-state index in [2.05, 4.69) is 26.1 Å². The van der Waals surface area contributed by atoms with Crippen molar-refractivity contribution >= 4 is 21.6 Å². The normalized spacial score (nSPS) is 16.0. The van der Waals surface area contributed by atoms with Crippen LogP contribution in [-0.4, -0.2) is 31.7 Å². The number of amides is 1. The molecule has 3 rings (SSSR count). The molecule has 0 bridgehead atoms. The molecule has 0 radical (unpaired) electrons. The summed E-state index contributed by atoms with van der Waals surface area (Å²) in [6.45, 7) is 7.31. The summed E-state index contributed by atoms with van der Waals surface area (Å²) in [6, 6.07) is 12.4. The molecular formula is C23H30N2O3S. The van der Waals surface area contributed by atoms with Gasteiger partial charge in [0.2, 0.25) is 10.0 Å². The number of piperidine rings is 1. The van der Waals surface area contributed by atoms with E-state index in [1.807, 2.05) is 18.2 Å². The predicted molar refractivity (Wildman–Crippen MR) is 117 cm³/mol. The minimum atomic E-state index is -3.59. The van der Waals surface area contributed by atoms with E-state index in [0.29, 0.717) is 24.6 Å². The standard InChI is InChI=1S/C23H30N2O3S/c1-4-18-8-6-9-19(5-2)22(18)24-23(26)20-10-7-11-21(16-20)29(27,28)25-14-12-17(3)13-15-25/h6-11,16-17H,4-5,12-15H2,1-3H3,(H,24,26). The van der Waals surface area contributed by atoms with Crippen molar-refractivity contribution in [2.24, 2.45) is 5.92 Å². The number of carbonyl (C=O) groups excluding carboxylic acids is 1.